The van der Waals surface area contributed by atoms with Gasteiger partial charge in [-0.2, -0.15) is 0 Å². The lowest BCUT2D eigenvalue weighted by Gasteiger charge is -2.28. The Morgan fingerprint density at radius 1 is 0.600 bits per heavy atom. The third kappa shape index (κ3) is 5.44. The Kier molecular flexibility index (Phi) is 7.61. The standard InChI is InChI=1S/C51H35NOS2/c1-32-20-29-46-42(31-38-24-22-35-11-4-5-13-40(35)51(38)53-32)50-44(16-9-19-48(50)55-46)52(43-15-8-18-47-49(43)41-14-6-7-17-45(41)54-47)39-27-25-34(26-28-39)37-23-21-33-10-2-3-12-36(33)30-37/h2-22,24-30,37H,1,23,31H2/b29-20-. The van der Waals surface area contributed by atoms with Gasteiger partial charge in [-0.15, -0.1) is 22.7 Å². The van der Waals surface area contributed by atoms with E-state index >= 15 is 0 Å². The zero-order chi connectivity index (χ0) is 36.5. The Morgan fingerprint density at radius 2 is 1.31 bits per heavy atom. The fourth-order valence-electron chi connectivity index (χ4n) is 8.62. The molecule has 4 heteroatoms. The van der Waals surface area contributed by atoms with E-state index in [1.54, 1.807) is 0 Å². The second kappa shape index (κ2) is 13.0. The van der Waals surface area contributed by atoms with Gasteiger partial charge in [0.15, 0.2) is 0 Å². The normalized spacial score (nSPS) is 15.6. The Labute approximate surface area is 327 Å². The maximum Gasteiger partial charge on any atom is 0.138 e. The number of ether oxygens (including phenoxy) is 1. The van der Waals surface area contributed by atoms with Crippen molar-refractivity contribution in [1.29, 1.82) is 0 Å². The van der Waals surface area contributed by atoms with E-state index in [1.165, 1.54) is 68.1 Å². The largest absolute Gasteiger partial charge is 0.457 e. The van der Waals surface area contributed by atoms with Crippen molar-refractivity contribution in [3.63, 3.8) is 0 Å². The van der Waals surface area contributed by atoms with E-state index in [-0.39, 0.29) is 0 Å². The molecular formula is C51H35NOS2. The van der Waals surface area contributed by atoms with E-state index in [1.807, 2.05) is 28.7 Å². The summed E-state index contributed by atoms with van der Waals surface area (Å²) >= 11 is 3.71. The molecule has 7 aromatic carbocycles. The molecular weight excluding hydrogens is 707 g/mol. The topological polar surface area (TPSA) is 12.5 Å². The van der Waals surface area contributed by atoms with Gasteiger partial charge in [-0.3, -0.25) is 0 Å². The number of nitrogens with zero attached hydrogens (tertiary/aromatic N) is 1. The second-order valence-corrected chi connectivity index (χ2v) is 16.6. The number of allylic oxidation sites excluding steroid dienone is 1. The summed E-state index contributed by atoms with van der Waals surface area (Å²) in [6.45, 7) is 4.30. The lowest BCUT2D eigenvalue weighted by Crippen LogP contribution is -2.27. The molecule has 0 saturated carbocycles. The minimum atomic E-state index is 0.338. The van der Waals surface area contributed by atoms with Crippen molar-refractivity contribution in [3.05, 3.63) is 196 Å². The van der Waals surface area contributed by atoms with E-state index < -0.39 is 0 Å². The molecule has 1 unspecified atom stereocenters. The number of rotatable bonds is 4. The first kappa shape index (κ1) is 32.2. The third-order valence-electron chi connectivity index (χ3n) is 11.2. The van der Waals surface area contributed by atoms with Crippen LogP contribution in [-0.4, -0.2) is 0 Å². The van der Waals surface area contributed by atoms with Gasteiger partial charge in [0.05, 0.1) is 11.4 Å². The number of hydrogen-bond acceptors (Lipinski definition) is 4. The van der Waals surface area contributed by atoms with Crippen molar-refractivity contribution in [3.8, 4) is 5.75 Å². The van der Waals surface area contributed by atoms with Gasteiger partial charge in [0.2, 0.25) is 0 Å². The fraction of sp³-hybridized carbons (Fsp3) is 0.0588. The summed E-state index contributed by atoms with van der Waals surface area (Å²) in [5.41, 5.74) is 7.29. The molecule has 3 heterocycles. The van der Waals surface area contributed by atoms with Crippen LogP contribution < -0.4 is 20.1 Å². The van der Waals surface area contributed by atoms with Gasteiger partial charge < -0.3 is 9.64 Å². The molecule has 262 valence electrons. The van der Waals surface area contributed by atoms with Crippen LogP contribution in [0.4, 0.5) is 17.1 Å². The number of anilines is 3. The maximum atomic E-state index is 6.53. The third-order valence-corrected chi connectivity index (χ3v) is 13.5. The molecule has 0 saturated heterocycles. The highest BCUT2D eigenvalue weighted by atomic mass is 32.1. The van der Waals surface area contributed by atoms with Crippen molar-refractivity contribution in [2.24, 2.45) is 0 Å². The lowest BCUT2D eigenvalue weighted by atomic mass is 9.90. The van der Waals surface area contributed by atoms with Gasteiger partial charge in [-0.05, 0) is 93.6 Å². The molecule has 55 heavy (non-hydrogen) atoms. The number of hydrogen-bond donors (Lipinski definition) is 0. The molecule has 0 radical (unpaired) electrons. The average molecular weight is 742 g/mol. The van der Waals surface area contributed by atoms with Crippen LogP contribution in [0.1, 0.15) is 33.9 Å². The summed E-state index contributed by atoms with van der Waals surface area (Å²) in [5, 5.41) is 8.75. The monoisotopic (exact) mass is 741 g/mol. The van der Waals surface area contributed by atoms with E-state index in [4.69, 9.17) is 4.74 Å². The summed E-state index contributed by atoms with van der Waals surface area (Å²) < 4.78 is 10.4. The number of benzene rings is 7. The van der Waals surface area contributed by atoms with Gasteiger partial charge >= 0.3 is 0 Å². The molecule has 0 amide bonds. The molecule has 2 nitrogen and oxygen atoms in total. The molecule has 1 atom stereocenters. The van der Waals surface area contributed by atoms with E-state index in [0.29, 0.717) is 11.7 Å². The summed E-state index contributed by atoms with van der Waals surface area (Å²) in [7, 11) is 0. The van der Waals surface area contributed by atoms with Gasteiger partial charge in [-0.25, -0.2) is 0 Å². The van der Waals surface area contributed by atoms with E-state index in [0.717, 1.165) is 40.6 Å². The van der Waals surface area contributed by atoms with Crippen LogP contribution in [0.15, 0.2) is 164 Å². The summed E-state index contributed by atoms with van der Waals surface area (Å²) in [6.07, 6.45) is 10.8. The number of fused-ring (bicyclic) bond motifs is 10. The molecule has 0 fully saturated rings. The van der Waals surface area contributed by atoms with E-state index in [9.17, 15) is 0 Å². The van der Waals surface area contributed by atoms with Crippen LogP contribution in [0.2, 0.25) is 0 Å². The summed E-state index contributed by atoms with van der Waals surface area (Å²) in [4.78, 5) is 3.74. The molecule has 0 N–H and O–H groups in total. The maximum absolute atomic E-state index is 6.53. The SMILES string of the molecule is C=C1/C=C\c2sc3cccc(N(c4ccc(C5C=c6ccccc6=CC5)cc4)c4cccc5sc6ccccc6c45)c3c2Cc2ccc3ccccc3c2O1. The van der Waals surface area contributed by atoms with Crippen molar-refractivity contribution >= 4 is 99.0 Å². The quantitative estimate of drug-likeness (QED) is 0.178. The predicted molar refractivity (Wildman–Crippen MR) is 237 cm³/mol. The molecule has 11 rings (SSSR count). The Morgan fingerprint density at radius 3 is 2.16 bits per heavy atom. The highest BCUT2D eigenvalue weighted by Crippen LogP contribution is 2.49. The second-order valence-electron chi connectivity index (χ2n) is 14.5. The molecule has 9 aromatic rings. The van der Waals surface area contributed by atoms with Crippen molar-refractivity contribution in [2.75, 3.05) is 4.90 Å². The van der Waals surface area contributed by atoms with E-state index in [2.05, 4.69) is 175 Å². The van der Waals surface area contributed by atoms with Gasteiger partial charge in [0, 0.05) is 58.5 Å². The molecule has 1 aliphatic heterocycles. The van der Waals surface area contributed by atoms with Crippen molar-refractivity contribution in [2.45, 2.75) is 18.8 Å². The smallest absolute Gasteiger partial charge is 0.138 e. The first-order valence-electron chi connectivity index (χ1n) is 18.8. The van der Waals surface area contributed by atoms with Crippen molar-refractivity contribution in [1.82, 2.24) is 0 Å². The minimum absolute atomic E-state index is 0.338. The number of thiophene rings is 2. The van der Waals surface area contributed by atoms with Gasteiger partial charge in [-0.1, -0.05) is 122 Å². The molecule has 0 spiro atoms. The summed E-state index contributed by atoms with van der Waals surface area (Å²) in [6, 6.07) is 53.4. The first-order chi connectivity index (χ1) is 27.2. The van der Waals surface area contributed by atoms with Crippen LogP contribution in [0, 0.1) is 0 Å². The predicted octanol–water partition coefficient (Wildman–Crippen LogP) is 13.2. The highest BCUT2D eigenvalue weighted by molar-refractivity contribution is 7.26. The summed E-state index contributed by atoms with van der Waals surface area (Å²) in [5.74, 6) is 1.86. The minimum Gasteiger partial charge on any atom is -0.457 e. The van der Waals surface area contributed by atoms with Crippen LogP contribution in [0.5, 0.6) is 5.75 Å². The zero-order valence-corrected chi connectivity index (χ0v) is 31.7. The Balaban J connectivity index is 1.14. The fourth-order valence-corrected chi connectivity index (χ4v) is 10.9. The van der Waals surface area contributed by atoms with Crippen molar-refractivity contribution < 1.29 is 4.74 Å². The molecule has 1 aliphatic carbocycles. The van der Waals surface area contributed by atoms with Crippen LogP contribution in [0.3, 0.4) is 0 Å². The van der Waals surface area contributed by atoms with Crippen LogP contribution in [0.25, 0.3) is 59.3 Å². The average Bonchev–Trinajstić information content (AvgIpc) is 3.81. The Bertz CT molecular complexity index is 3160. The Hall–Kier alpha value is -6.20. The van der Waals surface area contributed by atoms with Crippen LogP contribution >= 0.6 is 22.7 Å². The molecule has 2 aromatic heterocycles. The zero-order valence-electron chi connectivity index (χ0n) is 30.0. The highest BCUT2D eigenvalue weighted by Gasteiger charge is 2.25. The first-order valence-corrected chi connectivity index (χ1v) is 20.5. The van der Waals surface area contributed by atoms with Gasteiger partial charge in [0.1, 0.15) is 11.5 Å². The van der Waals surface area contributed by atoms with Gasteiger partial charge in [0.25, 0.3) is 0 Å². The lowest BCUT2D eigenvalue weighted by molar-refractivity contribution is 0.448. The molecule has 2 aliphatic rings. The van der Waals surface area contributed by atoms with Crippen LogP contribution in [-0.2, 0) is 6.42 Å². The molecule has 0 bridgehead atoms.